The van der Waals surface area contributed by atoms with Gasteiger partial charge in [-0.3, -0.25) is 14.4 Å². The molecule has 3 amide bonds. The van der Waals surface area contributed by atoms with E-state index in [2.05, 4.69) is 16.0 Å². The van der Waals surface area contributed by atoms with Crippen LogP contribution in [0.25, 0.3) is 0 Å². The minimum Gasteiger partial charge on any atom is -0.394 e. The van der Waals surface area contributed by atoms with Crippen molar-refractivity contribution in [2.24, 2.45) is 11.3 Å². The second-order valence-corrected chi connectivity index (χ2v) is 9.99. The normalized spacial score (nSPS) is 19.1. The summed E-state index contributed by atoms with van der Waals surface area (Å²) in [5, 5.41) is 17.5. The van der Waals surface area contributed by atoms with Crippen molar-refractivity contribution in [3.63, 3.8) is 0 Å². The van der Waals surface area contributed by atoms with Gasteiger partial charge in [0.05, 0.1) is 18.6 Å². The molecule has 4 N–H and O–H groups in total. The van der Waals surface area contributed by atoms with Crippen LogP contribution in [0, 0.1) is 11.3 Å². The van der Waals surface area contributed by atoms with Crippen molar-refractivity contribution in [3.8, 4) is 0 Å². The molecule has 1 unspecified atom stereocenters. The van der Waals surface area contributed by atoms with Crippen LogP contribution in [-0.2, 0) is 14.4 Å². The zero-order valence-electron chi connectivity index (χ0n) is 19.7. The number of carbonyl (C=O) groups excluding carboxylic acids is 3. The maximum Gasteiger partial charge on any atom is 0.396 e. The fraction of sp³-hybridized carbons (Fsp3) is 0.625. The van der Waals surface area contributed by atoms with Gasteiger partial charge in [-0.05, 0) is 30.2 Å². The average Bonchev–Trinajstić information content (AvgIpc) is 3.14. The van der Waals surface area contributed by atoms with Gasteiger partial charge in [0.2, 0.25) is 17.7 Å². The third-order valence-electron chi connectivity index (χ3n) is 5.75. The van der Waals surface area contributed by atoms with Gasteiger partial charge in [-0.25, -0.2) is 0 Å². The summed E-state index contributed by atoms with van der Waals surface area (Å²) in [5.41, 5.74) is -0.449. The molecule has 1 aliphatic heterocycles. The van der Waals surface area contributed by atoms with Crippen LogP contribution in [0.5, 0.6) is 0 Å². The molecule has 190 valence electrons. The van der Waals surface area contributed by atoms with E-state index in [-0.39, 0.29) is 30.2 Å². The summed E-state index contributed by atoms with van der Waals surface area (Å²) >= 11 is 0. The first kappa shape index (κ1) is 27.6. The summed E-state index contributed by atoms with van der Waals surface area (Å²) in [6.07, 6.45) is -4.49. The van der Waals surface area contributed by atoms with E-state index < -0.39 is 54.4 Å². The Labute approximate surface area is 197 Å². The molecule has 1 fully saturated rings. The van der Waals surface area contributed by atoms with Crippen molar-refractivity contribution in [2.75, 3.05) is 13.2 Å². The lowest BCUT2D eigenvalue weighted by Crippen LogP contribution is -2.52. The van der Waals surface area contributed by atoms with E-state index in [0.717, 1.165) is 0 Å². The topological polar surface area (TPSA) is 108 Å². The molecule has 0 aromatic heterocycles. The van der Waals surface area contributed by atoms with Gasteiger partial charge in [0.1, 0.15) is 6.04 Å². The molecule has 7 nitrogen and oxygen atoms in total. The number of nitrogens with one attached hydrogen (secondary N) is 3. The number of benzene rings is 1. The van der Waals surface area contributed by atoms with Crippen LogP contribution < -0.4 is 16.0 Å². The molecular weight excluding hydrogens is 451 g/mol. The molecule has 0 bridgehead atoms. The van der Waals surface area contributed by atoms with Crippen molar-refractivity contribution in [3.05, 3.63) is 35.9 Å². The number of aliphatic hydroxyl groups excluding tert-OH is 1. The smallest absolute Gasteiger partial charge is 0.394 e. The first-order valence-corrected chi connectivity index (χ1v) is 11.4. The van der Waals surface area contributed by atoms with Gasteiger partial charge in [0, 0.05) is 18.9 Å². The molecule has 1 aromatic rings. The SMILES string of the molecule is CC(C)(C)C[C@H](NC(=O)CC(c1ccccc1)C(F)(F)F)C(=O)N[C@H](CO)C[C@@H]1CCNC1=O. The van der Waals surface area contributed by atoms with Gasteiger partial charge in [-0.2, -0.15) is 13.2 Å². The van der Waals surface area contributed by atoms with Gasteiger partial charge in [-0.1, -0.05) is 51.1 Å². The van der Waals surface area contributed by atoms with E-state index in [1.54, 1.807) is 6.07 Å². The first-order chi connectivity index (χ1) is 15.8. The summed E-state index contributed by atoms with van der Waals surface area (Å²) in [4.78, 5) is 37.5. The van der Waals surface area contributed by atoms with E-state index in [1.807, 2.05) is 20.8 Å². The van der Waals surface area contributed by atoms with Crippen LogP contribution in [0.15, 0.2) is 30.3 Å². The quantitative estimate of drug-likeness (QED) is 0.409. The number of carbonyl (C=O) groups is 3. The van der Waals surface area contributed by atoms with E-state index in [9.17, 15) is 32.7 Å². The van der Waals surface area contributed by atoms with Crippen molar-refractivity contribution >= 4 is 17.7 Å². The van der Waals surface area contributed by atoms with E-state index >= 15 is 0 Å². The number of halogens is 3. The fourth-order valence-corrected chi connectivity index (χ4v) is 4.06. The summed E-state index contributed by atoms with van der Waals surface area (Å²) < 4.78 is 41.0. The second kappa shape index (κ2) is 11.7. The first-order valence-electron chi connectivity index (χ1n) is 11.4. The van der Waals surface area contributed by atoms with Gasteiger partial charge < -0.3 is 21.1 Å². The van der Waals surface area contributed by atoms with Gasteiger partial charge >= 0.3 is 6.18 Å². The zero-order valence-corrected chi connectivity index (χ0v) is 19.7. The average molecular weight is 486 g/mol. The molecule has 0 spiro atoms. The molecule has 4 atom stereocenters. The Hall–Kier alpha value is -2.62. The number of aliphatic hydroxyl groups is 1. The lowest BCUT2D eigenvalue weighted by atomic mass is 9.87. The summed E-state index contributed by atoms with van der Waals surface area (Å²) in [5.74, 6) is -3.99. The zero-order chi connectivity index (χ0) is 25.5. The highest BCUT2D eigenvalue weighted by Gasteiger charge is 2.42. The Morgan fingerprint density at radius 3 is 2.29 bits per heavy atom. The maximum atomic E-state index is 13.7. The van der Waals surface area contributed by atoms with Crippen LogP contribution in [0.2, 0.25) is 0 Å². The Kier molecular flexibility index (Phi) is 9.49. The Morgan fingerprint density at radius 2 is 1.79 bits per heavy atom. The van der Waals surface area contributed by atoms with Crippen LogP contribution in [0.4, 0.5) is 13.2 Å². The molecule has 10 heteroatoms. The minimum atomic E-state index is -4.63. The minimum absolute atomic E-state index is 0.0304. The van der Waals surface area contributed by atoms with Gasteiger partial charge in [0.15, 0.2) is 0 Å². The van der Waals surface area contributed by atoms with E-state index in [0.29, 0.717) is 13.0 Å². The molecule has 34 heavy (non-hydrogen) atoms. The number of rotatable bonds is 10. The number of hydrogen-bond donors (Lipinski definition) is 4. The van der Waals surface area contributed by atoms with E-state index in [4.69, 9.17) is 0 Å². The predicted octanol–water partition coefficient (Wildman–Crippen LogP) is 2.65. The Bertz CT molecular complexity index is 840. The molecule has 1 aromatic carbocycles. The van der Waals surface area contributed by atoms with Crippen LogP contribution in [0.1, 0.15) is 57.9 Å². The number of alkyl halides is 3. The Morgan fingerprint density at radius 1 is 1.15 bits per heavy atom. The molecule has 1 heterocycles. The van der Waals surface area contributed by atoms with Crippen LogP contribution in [0.3, 0.4) is 0 Å². The summed E-state index contributed by atoms with van der Waals surface area (Å²) in [7, 11) is 0. The number of amides is 3. The number of hydrogen-bond acceptors (Lipinski definition) is 4. The summed E-state index contributed by atoms with van der Waals surface area (Å²) in [6, 6.07) is 5.36. The molecule has 0 radical (unpaired) electrons. The highest BCUT2D eigenvalue weighted by molar-refractivity contribution is 5.88. The molecule has 0 saturated carbocycles. The molecular formula is C24H34F3N3O4. The molecule has 1 saturated heterocycles. The predicted molar refractivity (Wildman–Crippen MR) is 121 cm³/mol. The lowest BCUT2D eigenvalue weighted by molar-refractivity contribution is -0.157. The molecule has 2 rings (SSSR count). The fourth-order valence-electron chi connectivity index (χ4n) is 4.06. The van der Waals surface area contributed by atoms with Crippen molar-refractivity contribution in [1.29, 1.82) is 0 Å². The van der Waals surface area contributed by atoms with Gasteiger partial charge in [-0.15, -0.1) is 0 Å². The van der Waals surface area contributed by atoms with Crippen molar-refractivity contribution in [1.82, 2.24) is 16.0 Å². The molecule has 1 aliphatic rings. The Balaban J connectivity index is 2.10. The van der Waals surface area contributed by atoms with Crippen molar-refractivity contribution in [2.45, 2.75) is 70.6 Å². The largest absolute Gasteiger partial charge is 0.396 e. The van der Waals surface area contributed by atoms with Crippen LogP contribution >= 0.6 is 0 Å². The lowest BCUT2D eigenvalue weighted by Gasteiger charge is -2.29. The van der Waals surface area contributed by atoms with Gasteiger partial charge in [0.25, 0.3) is 0 Å². The molecule has 0 aliphatic carbocycles. The third kappa shape index (κ3) is 8.62. The monoisotopic (exact) mass is 485 g/mol. The van der Waals surface area contributed by atoms with Crippen molar-refractivity contribution < 1.29 is 32.7 Å². The standard InChI is InChI=1S/C24H34F3N3O4/c1-23(2,3)13-19(22(34)29-17(14-31)11-16-9-10-28-21(16)33)30-20(32)12-18(24(25,26)27)15-7-5-4-6-8-15/h4-8,16-19,31H,9-14H2,1-3H3,(H,28,33)(H,29,34)(H,30,32)/t16-,17-,18?,19-/m0/s1. The maximum absolute atomic E-state index is 13.7. The third-order valence-corrected chi connectivity index (χ3v) is 5.75. The highest BCUT2D eigenvalue weighted by atomic mass is 19.4. The van der Waals surface area contributed by atoms with Crippen LogP contribution in [-0.4, -0.2) is 54.2 Å². The second-order valence-electron chi connectivity index (χ2n) is 9.99. The summed E-state index contributed by atoms with van der Waals surface area (Å²) in [6.45, 7) is 5.65. The highest BCUT2D eigenvalue weighted by Crippen LogP contribution is 2.37. The van der Waals surface area contributed by atoms with E-state index in [1.165, 1.54) is 24.3 Å².